The van der Waals surface area contributed by atoms with Crippen molar-refractivity contribution < 1.29 is 32.7 Å². The summed E-state index contributed by atoms with van der Waals surface area (Å²) < 4.78 is 0. The van der Waals surface area contributed by atoms with Crippen molar-refractivity contribution in [3.63, 3.8) is 0 Å². The summed E-state index contributed by atoms with van der Waals surface area (Å²) in [5, 5.41) is 3.41. The molecule has 0 bridgehead atoms. The Labute approximate surface area is 152 Å². The van der Waals surface area contributed by atoms with Crippen molar-refractivity contribution >= 4 is 5.95 Å². The Bertz CT molecular complexity index is 557. The van der Waals surface area contributed by atoms with E-state index in [1.165, 1.54) is 5.56 Å². The number of benzene rings is 1. The van der Waals surface area contributed by atoms with Crippen LogP contribution in [0.2, 0.25) is 0 Å². The quantitative estimate of drug-likeness (QED) is 0.828. The molecule has 0 amide bonds. The molecular formula is C16H21N4Y-. The minimum Gasteiger partial charge on any atom is -0.347 e. The Morgan fingerprint density at radius 1 is 1.10 bits per heavy atom. The van der Waals surface area contributed by atoms with E-state index < -0.39 is 0 Å². The normalized spacial score (nSPS) is 11.4. The molecule has 0 saturated carbocycles. The van der Waals surface area contributed by atoms with Gasteiger partial charge in [-0.25, -0.2) is 4.98 Å². The fourth-order valence-corrected chi connectivity index (χ4v) is 2.03. The van der Waals surface area contributed by atoms with Crippen molar-refractivity contribution in [3.8, 4) is 0 Å². The maximum Gasteiger partial charge on any atom is 0.224 e. The first-order chi connectivity index (χ1) is 9.60. The summed E-state index contributed by atoms with van der Waals surface area (Å²) in [7, 11) is 0. The van der Waals surface area contributed by atoms with Crippen LogP contribution in [0, 0.1) is 12.8 Å². The first-order valence-corrected chi connectivity index (χ1v) is 6.95. The van der Waals surface area contributed by atoms with Gasteiger partial charge in [0, 0.05) is 38.5 Å². The van der Waals surface area contributed by atoms with Gasteiger partial charge in [0.25, 0.3) is 0 Å². The minimum atomic E-state index is 0. The van der Waals surface area contributed by atoms with Gasteiger partial charge in [-0.2, -0.15) is 18.8 Å². The van der Waals surface area contributed by atoms with Gasteiger partial charge in [-0.3, -0.25) is 4.98 Å². The Morgan fingerprint density at radius 2 is 1.76 bits per heavy atom. The van der Waals surface area contributed by atoms with E-state index in [0.717, 1.165) is 24.0 Å². The maximum atomic E-state index is 4.48. The molecule has 21 heavy (non-hydrogen) atoms. The summed E-state index contributed by atoms with van der Waals surface area (Å²) in [6, 6.07) is 10.6. The monoisotopic (exact) mass is 358 g/mol. The van der Waals surface area contributed by atoms with Gasteiger partial charge in [0.15, 0.2) is 0 Å². The van der Waals surface area contributed by atoms with Crippen molar-refractivity contribution in [1.82, 2.24) is 15.0 Å². The topological polar surface area (TPSA) is 50.7 Å². The predicted molar refractivity (Wildman–Crippen MR) is 81.4 cm³/mol. The van der Waals surface area contributed by atoms with Gasteiger partial charge >= 0.3 is 0 Å². The molecule has 0 saturated heterocycles. The van der Waals surface area contributed by atoms with Crippen molar-refractivity contribution in [2.75, 3.05) is 5.32 Å². The van der Waals surface area contributed by atoms with Crippen LogP contribution in [0.3, 0.4) is 0 Å². The van der Waals surface area contributed by atoms with Crippen molar-refractivity contribution in [1.29, 1.82) is 0 Å². The second kappa shape index (κ2) is 8.45. The molecule has 1 radical (unpaired) electrons. The summed E-state index contributed by atoms with van der Waals surface area (Å²) in [4.78, 5) is 13.2. The summed E-state index contributed by atoms with van der Waals surface area (Å²) >= 11 is 0. The summed E-state index contributed by atoms with van der Waals surface area (Å²) in [6.07, 6.45) is 0.971. The van der Waals surface area contributed by atoms with Gasteiger partial charge in [0.2, 0.25) is 5.95 Å². The van der Waals surface area contributed by atoms with Gasteiger partial charge in [-0.05, 0) is 18.9 Å². The van der Waals surface area contributed by atoms with Gasteiger partial charge in [-0.15, -0.1) is 0 Å². The van der Waals surface area contributed by atoms with Crippen molar-refractivity contribution in [3.05, 3.63) is 53.5 Å². The molecule has 1 atom stereocenters. The van der Waals surface area contributed by atoms with Gasteiger partial charge in [0.05, 0.1) is 6.04 Å². The fourth-order valence-electron chi connectivity index (χ4n) is 2.03. The zero-order chi connectivity index (χ0) is 14.5. The number of nitrogens with one attached hydrogen (secondary N) is 1. The number of hydrogen-bond acceptors (Lipinski definition) is 4. The molecule has 0 fully saturated rings. The summed E-state index contributed by atoms with van der Waals surface area (Å²) in [5.41, 5.74) is 1.24. The first-order valence-electron chi connectivity index (χ1n) is 6.95. The Balaban J connectivity index is 0.00000220. The van der Waals surface area contributed by atoms with E-state index in [1.807, 2.05) is 39.0 Å². The third-order valence-electron chi connectivity index (χ3n) is 3.11. The predicted octanol–water partition coefficient (Wildman–Crippen LogP) is 3.70. The molecular weight excluding hydrogens is 337 g/mol. The van der Waals surface area contributed by atoms with E-state index in [1.54, 1.807) is 0 Å². The number of hydrogen-bond donors (Lipinski definition) is 1. The van der Waals surface area contributed by atoms with Crippen LogP contribution in [0.5, 0.6) is 0 Å². The van der Waals surface area contributed by atoms with E-state index in [0.29, 0.717) is 5.95 Å². The molecule has 2 aromatic rings. The van der Waals surface area contributed by atoms with E-state index in [9.17, 15) is 0 Å². The van der Waals surface area contributed by atoms with Crippen LogP contribution in [0.1, 0.15) is 50.4 Å². The van der Waals surface area contributed by atoms with Gasteiger partial charge in [-0.1, -0.05) is 37.3 Å². The van der Waals surface area contributed by atoms with E-state index >= 15 is 0 Å². The van der Waals surface area contributed by atoms with Crippen LogP contribution >= 0.6 is 0 Å². The van der Waals surface area contributed by atoms with Crippen LogP contribution in [-0.2, 0) is 32.7 Å². The van der Waals surface area contributed by atoms with E-state index in [-0.39, 0.29) is 38.8 Å². The van der Waals surface area contributed by atoms with Crippen molar-refractivity contribution in [2.24, 2.45) is 0 Å². The molecule has 0 aliphatic rings. The summed E-state index contributed by atoms with van der Waals surface area (Å²) in [5.74, 6) is 3.22. The van der Waals surface area contributed by atoms with E-state index in [4.69, 9.17) is 0 Å². The molecule has 0 aliphatic carbocycles. The molecule has 2 rings (SSSR count). The van der Waals surface area contributed by atoms with Crippen molar-refractivity contribution in [2.45, 2.75) is 40.2 Å². The van der Waals surface area contributed by atoms with Crippen LogP contribution in [-0.4, -0.2) is 15.0 Å². The molecule has 1 aromatic heterocycles. The van der Waals surface area contributed by atoms with E-state index in [2.05, 4.69) is 39.3 Å². The molecule has 1 heterocycles. The smallest absolute Gasteiger partial charge is 0.224 e. The number of aryl methyl sites for hydroxylation is 1. The number of anilines is 1. The van der Waals surface area contributed by atoms with Crippen LogP contribution in [0.25, 0.3) is 0 Å². The number of rotatable bonds is 5. The third-order valence-corrected chi connectivity index (χ3v) is 3.11. The van der Waals surface area contributed by atoms with Crippen LogP contribution in [0.15, 0.2) is 30.3 Å². The Morgan fingerprint density at radius 3 is 2.33 bits per heavy atom. The zero-order valence-corrected chi connectivity index (χ0v) is 15.9. The molecule has 109 valence electrons. The minimum absolute atomic E-state index is 0. The summed E-state index contributed by atoms with van der Waals surface area (Å²) in [6.45, 7) is 8.06. The van der Waals surface area contributed by atoms with Gasteiger partial charge in [0.1, 0.15) is 5.82 Å². The molecule has 0 aliphatic heterocycles. The average Bonchev–Trinajstić information content (AvgIpc) is 2.45. The zero-order valence-electron chi connectivity index (χ0n) is 13.1. The molecule has 1 aromatic carbocycles. The number of nitrogens with zero attached hydrogens (tertiary/aromatic N) is 3. The average molecular weight is 358 g/mol. The molecule has 4 nitrogen and oxygen atoms in total. The fraction of sp³-hybridized carbons (Fsp3) is 0.375. The largest absolute Gasteiger partial charge is 0.347 e. The SMILES string of the molecule is CCC(Nc1nc(C)nc([C-](C)C)n1)c1ccccc1.[Y]. The molecule has 0 spiro atoms. The molecule has 5 heteroatoms. The first kappa shape index (κ1) is 18.1. The third kappa shape index (κ3) is 5.04. The second-order valence-electron chi connectivity index (χ2n) is 5.05. The Hall–Kier alpha value is -0.996. The maximum absolute atomic E-state index is 4.48. The molecule has 1 unspecified atom stereocenters. The standard InChI is InChI=1S/C16H21N4.Y/c1-5-14(13-9-7-6-8-10-13)19-16-18-12(4)17-15(20-16)11(2)3;/h6-10,14H,5H2,1-4H3,(H,17,18,19,20);/q-1;. The molecule has 1 N–H and O–H groups in total. The van der Waals surface area contributed by atoms with Crippen LogP contribution < -0.4 is 5.32 Å². The number of aromatic nitrogens is 3. The van der Waals surface area contributed by atoms with Crippen LogP contribution in [0.4, 0.5) is 5.95 Å². The van der Waals surface area contributed by atoms with Gasteiger partial charge < -0.3 is 11.2 Å². The second-order valence-corrected chi connectivity index (χ2v) is 5.05. The Kier molecular flexibility index (Phi) is 7.26.